The Labute approximate surface area is 138 Å². The predicted octanol–water partition coefficient (Wildman–Crippen LogP) is 2.60. The summed E-state index contributed by atoms with van der Waals surface area (Å²) in [5.74, 6) is 0. The Kier molecular flexibility index (Phi) is 5.41. The van der Waals surface area contributed by atoms with Crippen molar-refractivity contribution in [1.29, 1.82) is 0 Å². The van der Waals surface area contributed by atoms with Crippen LogP contribution in [0.2, 0.25) is 0 Å². The van der Waals surface area contributed by atoms with Gasteiger partial charge in [-0.15, -0.1) is 0 Å². The van der Waals surface area contributed by atoms with E-state index in [1.807, 2.05) is 18.5 Å². The average Bonchev–Trinajstić information content (AvgIpc) is 2.82. The van der Waals surface area contributed by atoms with Crippen molar-refractivity contribution in [3.63, 3.8) is 0 Å². The third-order valence-electron chi connectivity index (χ3n) is 4.88. The predicted molar refractivity (Wildman–Crippen MR) is 91.9 cm³/mol. The highest BCUT2D eigenvalue weighted by Crippen LogP contribution is 2.19. The van der Waals surface area contributed by atoms with Crippen LogP contribution in [0.4, 0.5) is 0 Å². The van der Waals surface area contributed by atoms with Crippen LogP contribution in [0.15, 0.2) is 30.6 Å². The molecular weight excluding hydrogens is 286 g/mol. The summed E-state index contributed by atoms with van der Waals surface area (Å²) in [7, 11) is 2.23. The number of rotatable bonds is 5. The van der Waals surface area contributed by atoms with Gasteiger partial charge in [-0.1, -0.05) is 6.07 Å². The maximum atomic E-state index is 4.45. The molecule has 1 aliphatic rings. The highest BCUT2D eigenvalue weighted by molar-refractivity contribution is 5.14. The summed E-state index contributed by atoms with van der Waals surface area (Å²) in [5.41, 5.74) is 3.67. The van der Waals surface area contributed by atoms with Crippen LogP contribution < -0.4 is 0 Å². The van der Waals surface area contributed by atoms with E-state index >= 15 is 0 Å². The molecule has 0 saturated carbocycles. The first kappa shape index (κ1) is 16.1. The van der Waals surface area contributed by atoms with Gasteiger partial charge >= 0.3 is 0 Å². The smallest absolute Gasteiger partial charge is 0.0543 e. The highest BCUT2D eigenvalue weighted by atomic mass is 15.2. The zero-order valence-corrected chi connectivity index (χ0v) is 14.2. The summed E-state index contributed by atoms with van der Waals surface area (Å²) in [6.07, 6.45) is 7.59. The molecule has 2 aromatic heterocycles. The summed E-state index contributed by atoms with van der Waals surface area (Å²) >= 11 is 0. The molecule has 2 aromatic rings. The molecule has 23 heavy (non-hydrogen) atoms. The molecule has 0 unspecified atom stereocenters. The third kappa shape index (κ3) is 4.39. The maximum Gasteiger partial charge on any atom is 0.0543 e. The van der Waals surface area contributed by atoms with Crippen molar-refractivity contribution in [3.8, 4) is 0 Å². The zero-order valence-electron chi connectivity index (χ0n) is 14.2. The van der Waals surface area contributed by atoms with Crippen molar-refractivity contribution in [3.05, 3.63) is 47.5 Å². The van der Waals surface area contributed by atoms with E-state index in [2.05, 4.69) is 51.1 Å². The first-order valence-corrected chi connectivity index (χ1v) is 8.53. The molecule has 5 heteroatoms. The minimum absolute atomic E-state index is 0.646. The van der Waals surface area contributed by atoms with Crippen molar-refractivity contribution < 1.29 is 0 Å². The van der Waals surface area contributed by atoms with Gasteiger partial charge in [-0.2, -0.15) is 5.10 Å². The topological polar surface area (TPSA) is 48.1 Å². The number of hydrogen-bond acceptors (Lipinski definition) is 4. The minimum Gasteiger partial charge on any atom is -0.299 e. The van der Waals surface area contributed by atoms with Crippen LogP contribution in [0.5, 0.6) is 0 Å². The number of likely N-dealkylation sites (tertiary alicyclic amines) is 1. The van der Waals surface area contributed by atoms with E-state index in [0.717, 1.165) is 25.3 Å². The van der Waals surface area contributed by atoms with Gasteiger partial charge in [-0.25, -0.2) is 0 Å². The maximum absolute atomic E-state index is 4.45. The Morgan fingerprint density at radius 2 is 2.22 bits per heavy atom. The number of aryl methyl sites for hydroxylation is 1. The normalized spacial score (nSPS) is 19.9. The Balaban J connectivity index is 1.52. The van der Waals surface area contributed by atoms with E-state index in [0.29, 0.717) is 6.04 Å². The third-order valence-corrected chi connectivity index (χ3v) is 4.88. The summed E-state index contributed by atoms with van der Waals surface area (Å²) in [6, 6.07) is 6.80. The fraction of sp³-hybridized carbons (Fsp3) is 0.556. The molecule has 1 atom stereocenters. The van der Waals surface area contributed by atoms with E-state index < -0.39 is 0 Å². The number of nitrogens with zero attached hydrogens (tertiary/aromatic N) is 4. The molecule has 5 nitrogen and oxygen atoms in total. The van der Waals surface area contributed by atoms with E-state index in [1.165, 1.54) is 37.1 Å². The van der Waals surface area contributed by atoms with Gasteiger partial charge in [0.15, 0.2) is 0 Å². The number of aromatic nitrogens is 3. The summed E-state index contributed by atoms with van der Waals surface area (Å²) in [5, 5.41) is 7.17. The van der Waals surface area contributed by atoms with Gasteiger partial charge in [0.2, 0.25) is 0 Å². The highest BCUT2D eigenvalue weighted by Gasteiger charge is 2.21. The van der Waals surface area contributed by atoms with Gasteiger partial charge in [0.05, 0.1) is 11.9 Å². The largest absolute Gasteiger partial charge is 0.299 e. The number of hydrogen-bond donors (Lipinski definition) is 1. The standard InChI is InChI=1S/C18H27N5/c1-15-16(12-20-21-15)13-23-10-5-7-18(8-11-23)22(2)14-17-6-3-4-9-19-17/h3-4,6,9,12,18H,5,7-8,10-11,13-14H2,1-2H3,(H,20,21)/t18-/m1/s1. The second kappa shape index (κ2) is 7.70. The molecule has 1 saturated heterocycles. The Morgan fingerprint density at radius 1 is 1.30 bits per heavy atom. The van der Waals surface area contributed by atoms with Crippen LogP contribution in [-0.4, -0.2) is 51.2 Å². The molecule has 0 aliphatic carbocycles. The lowest BCUT2D eigenvalue weighted by Gasteiger charge is -2.27. The van der Waals surface area contributed by atoms with Crippen molar-refractivity contribution in [2.45, 2.75) is 45.3 Å². The molecule has 1 aliphatic heterocycles. The first-order chi connectivity index (χ1) is 11.2. The number of nitrogens with one attached hydrogen (secondary N) is 1. The van der Waals surface area contributed by atoms with Crippen LogP contribution in [-0.2, 0) is 13.1 Å². The van der Waals surface area contributed by atoms with E-state index in [9.17, 15) is 0 Å². The van der Waals surface area contributed by atoms with Gasteiger partial charge in [-0.3, -0.25) is 19.9 Å². The van der Waals surface area contributed by atoms with Gasteiger partial charge in [-0.05, 0) is 58.5 Å². The van der Waals surface area contributed by atoms with E-state index in [-0.39, 0.29) is 0 Å². The summed E-state index contributed by atoms with van der Waals surface area (Å²) in [6.45, 7) is 6.38. The molecule has 124 valence electrons. The van der Waals surface area contributed by atoms with Crippen LogP contribution in [0.25, 0.3) is 0 Å². The molecule has 1 fully saturated rings. The lowest BCUT2D eigenvalue weighted by atomic mass is 10.1. The van der Waals surface area contributed by atoms with Gasteiger partial charge < -0.3 is 0 Å². The molecule has 0 bridgehead atoms. The van der Waals surface area contributed by atoms with Gasteiger partial charge in [0.25, 0.3) is 0 Å². The van der Waals surface area contributed by atoms with E-state index in [1.54, 1.807) is 0 Å². The molecule has 1 N–H and O–H groups in total. The monoisotopic (exact) mass is 313 g/mol. The van der Waals surface area contributed by atoms with Crippen LogP contribution in [0.3, 0.4) is 0 Å². The van der Waals surface area contributed by atoms with Gasteiger partial charge in [0, 0.05) is 36.6 Å². The number of H-pyrrole nitrogens is 1. The van der Waals surface area contributed by atoms with Crippen molar-refractivity contribution in [1.82, 2.24) is 25.0 Å². The number of aromatic amines is 1. The van der Waals surface area contributed by atoms with Crippen molar-refractivity contribution in [2.75, 3.05) is 20.1 Å². The van der Waals surface area contributed by atoms with Crippen LogP contribution in [0.1, 0.15) is 36.2 Å². The zero-order chi connectivity index (χ0) is 16.1. The Morgan fingerprint density at radius 3 is 2.96 bits per heavy atom. The van der Waals surface area contributed by atoms with Crippen LogP contribution in [0, 0.1) is 6.92 Å². The number of pyridine rings is 1. The molecule has 0 radical (unpaired) electrons. The fourth-order valence-corrected chi connectivity index (χ4v) is 3.39. The quantitative estimate of drug-likeness (QED) is 0.922. The summed E-state index contributed by atoms with van der Waals surface area (Å²) in [4.78, 5) is 9.48. The van der Waals surface area contributed by atoms with Crippen molar-refractivity contribution >= 4 is 0 Å². The fourth-order valence-electron chi connectivity index (χ4n) is 3.39. The molecular formula is C18H27N5. The average molecular weight is 313 g/mol. The van der Waals surface area contributed by atoms with Crippen LogP contribution >= 0.6 is 0 Å². The molecule has 3 rings (SSSR count). The molecule has 0 spiro atoms. The lowest BCUT2D eigenvalue weighted by molar-refractivity contribution is 0.204. The second-order valence-corrected chi connectivity index (χ2v) is 6.62. The Bertz CT molecular complexity index is 594. The summed E-state index contributed by atoms with van der Waals surface area (Å²) < 4.78 is 0. The Hall–Kier alpha value is -1.72. The molecule has 0 aromatic carbocycles. The lowest BCUT2D eigenvalue weighted by Crippen LogP contribution is -2.32. The minimum atomic E-state index is 0.646. The second-order valence-electron chi connectivity index (χ2n) is 6.62. The SMILES string of the molecule is Cc1[nH]ncc1CN1CCC[C@@H](N(C)Cc2ccccn2)CC1. The molecule has 3 heterocycles. The first-order valence-electron chi connectivity index (χ1n) is 8.53. The van der Waals surface area contributed by atoms with Crippen molar-refractivity contribution in [2.24, 2.45) is 0 Å². The van der Waals surface area contributed by atoms with Gasteiger partial charge in [0.1, 0.15) is 0 Å². The van der Waals surface area contributed by atoms with E-state index in [4.69, 9.17) is 0 Å². The molecule has 0 amide bonds.